The van der Waals surface area contributed by atoms with Gasteiger partial charge >= 0.3 is 24.1 Å². The Hall–Kier alpha value is -2.39. The van der Waals surface area contributed by atoms with Crippen molar-refractivity contribution < 1.29 is 48.4 Å². The molecule has 2 aliphatic heterocycles. The molecule has 3 N–H and O–H groups in total. The third kappa shape index (κ3) is 12.1. The molecule has 0 saturated carbocycles. The molecular weight excluding hydrogens is 554 g/mol. The van der Waals surface area contributed by atoms with Crippen molar-refractivity contribution in [1.82, 2.24) is 15.1 Å². The molecule has 2 heterocycles. The van der Waals surface area contributed by atoms with Crippen LogP contribution in [-0.2, 0) is 28.6 Å². The van der Waals surface area contributed by atoms with Crippen molar-refractivity contribution in [3.05, 3.63) is 0 Å². The average molecular weight is 596 g/mol. The van der Waals surface area contributed by atoms with Gasteiger partial charge in [0, 0.05) is 36.1 Å². The van der Waals surface area contributed by atoms with Gasteiger partial charge in [-0.05, 0) is 41.5 Å². The number of methoxy groups -OCH3 is 1. The first-order chi connectivity index (χ1) is 18.0. The van der Waals surface area contributed by atoms with E-state index in [4.69, 9.17) is 14.6 Å². The molecule has 2 unspecified atom stereocenters. The lowest BCUT2D eigenvalue weighted by atomic mass is 10.2. The molecule has 2 rings (SSSR count). The maximum Gasteiger partial charge on any atom is 0.411 e. The Morgan fingerprint density at radius 1 is 0.872 bits per heavy atom. The molecule has 0 aliphatic carbocycles. The highest BCUT2D eigenvalue weighted by molar-refractivity contribution is 7.99. The van der Waals surface area contributed by atoms with Gasteiger partial charge in [-0.25, -0.2) is 19.2 Å². The molecular formula is C24H41N3O10S2. The molecule has 0 aromatic rings. The van der Waals surface area contributed by atoms with Gasteiger partial charge in [-0.1, -0.05) is 0 Å². The molecule has 2 aliphatic rings. The fourth-order valence-corrected chi connectivity index (χ4v) is 5.38. The molecule has 0 aromatic heterocycles. The molecule has 39 heavy (non-hydrogen) atoms. The molecule has 0 bridgehead atoms. The number of esters is 1. The van der Waals surface area contributed by atoms with Gasteiger partial charge in [0.1, 0.15) is 23.3 Å². The highest BCUT2D eigenvalue weighted by Crippen LogP contribution is 2.21. The van der Waals surface area contributed by atoms with Crippen molar-refractivity contribution in [2.24, 2.45) is 0 Å². The van der Waals surface area contributed by atoms with E-state index in [1.807, 2.05) is 0 Å². The Bertz CT molecular complexity index is 875. The molecule has 13 nitrogen and oxygen atoms in total. The van der Waals surface area contributed by atoms with Gasteiger partial charge < -0.3 is 29.7 Å². The second-order valence-electron chi connectivity index (χ2n) is 10.6. The van der Waals surface area contributed by atoms with E-state index in [1.54, 1.807) is 53.3 Å². The zero-order valence-electron chi connectivity index (χ0n) is 23.6. The summed E-state index contributed by atoms with van der Waals surface area (Å²) in [7, 11) is 1.17. The number of carboxylic acid groups (broad SMARTS) is 1. The number of rotatable bonds is 5. The summed E-state index contributed by atoms with van der Waals surface area (Å²) in [5, 5.41) is 20.6. The molecule has 0 aromatic carbocycles. The summed E-state index contributed by atoms with van der Waals surface area (Å²) in [5.41, 5.74) is -1.26. The van der Waals surface area contributed by atoms with E-state index in [9.17, 15) is 29.1 Å². The van der Waals surface area contributed by atoms with E-state index < -0.39 is 66.0 Å². The van der Waals surface area contributed by atoms with Crippen molar-refractivity contribution in [2.45, 2.75) is 70.9 Å². The lowest BCUT2D eigenvalue weighted by Gasteiger charge is -2.35. The Morgan fingerprint density at radius 3 is 1.69 bits per heavy atom. The summed E-state index contributed by atoms with van der Waals surface area (Å²) in [6.07, 6.45) is -1.11. The van der Waals surface area contributed by atoms with Crippen LogP contribution in [0.25, 0.3) is 0 Å². The molecule has 0 spiro atoms. The van der Waals surface area contributed by atoms with Gasteiger partial charge in [0.25, 0.3) is 0 Å². The van der Waals surface area contributed by atoms with Crippen molar-refractivity contribution in [3.8, 4) is 0 Å². The lowest BCUT2D eigenvalue weighted by Crippen LogP contribution is -2.58. The number of amides is 3. The molecule has 2 fully saturated rings. The number of nitrogens with one attached hydrogen (secondary N) is 1. The van der Waals surface area contributed by atoms with E-state index in [0.29, 0.717) is 30.3 Å². The van der Waals surface area contributed by atoms with Crippen LogP contribution < -0.4 is 5.32 Å². The fourth-order valence-electron chi connectivity index (χ4n) is 3.30. The number of hydrogen-bond donors (Lipinski definition) is 3. The largest absolute Gasteiger partial charge is 0.480 e. The van der Waals surface area contributed by atoms with Crippen molar-refractivity contribution in [2.75, 3.05) is 49.8 Å². The van der Waals surface area contributed by atoms with E-state index in [-0.39, 0.29) is 0 Å². The van der Waals surface area contributed by atoms with Crippen molar-refractivity contribution in [3.63, 3.8) is 0 Å². The monoisotopic (exact) mass is 595 g/mol. The van der Waals surface area contributed by atoms with E-state index in [0.717, 1.165) is 5.75 Å². The third-order valence-electron chi connectivity index (χ3n) is 5.09. The molecule has 2 saturated heterocycles. The quantitative estimate of drug-likeness (QED) is 0.309. The number of carbonyl (C=O) groups is 5. The zero-order chi connectivity index (χ0) is 30.0. The summed E-state index contributed by atoms with van der Waals surface area (Å²) in [5.74, 6) is 0.0320. The summed E-state index contributed by atoms with van der Waals surface area (Å²) in [6, 6.07) is -2.68. The van der Waals surface area contributed by atoms with Gasteiger partial charge in [0.2, 0.25) is 5.91 Å². The van der Waals surface area contributed by atoms with Crippen molar-refractivity contribution >= 4 is 53.6 Å². The minimum absolute atomic E-state index is 0.375. The Kier molecular flexibility index (Phi) is 13.7. The second kappa shape index (κ2) is 15.4. The first kappa shape index (κ1) is 34.6. The first-order valence-corrected chi connectivity index (χ1v) is 14.7. The molecule has 15 heteroatoms. The number of carboxylic acids is 1. The van der Waals surface area contributed by atoms with Gasteiger partial charge in [0.05, 0.1) is 13.7 Å². The maximum atomic E-state index is 12.4. The van der Waals surface area contributed by atoms with Gasteiger partial charge in [-0.15, -0.1) is 0 Å². The first-order valence-electron chi connectivity index (χ1n) is 12.4. The van der Waals surface area contributed by atoms with Gasteiger partial charge in [0.15, 0.2) is 6.04 Å². The van der Waals surface area contributed by atoms with Crippen LogP contribution in [0.15, 0.2) is 0 Å². The normalized spacial score (nSPS) is 20.5. The Balaban J connectivity index is 0.000000416. The fraction of sp³-hybridized carbons (Fsp3) is 0.792. The number of thioether (sulfide) groups is 2. The van der Waals surface area contributed by atoms with E-state index >= 15 is 0 Å². The highest BCUT2D eigenvalue weighted by Gasteiger charge is 2.37. The number of carbonyl (C=O) groups excluding carboxylic acids is 4. The van der Waals surface area contributed by atoms with Crippen LogP contribution >= 0.6 is 23.5 Å². The number of aliphatic carboxylic acids is 1. The summed E-state index contributed by atoms with van der Waals surface area (Å²) in [4.78, 5) is 61.5. The predicted octanol–water partition coefficient (Wildman–Crippen LogP) is 1.41. The number of aliphatic hydroxyl groups excluding tert-OH is 1. The van der Waals surface area contributed by atoms with Crippen LogP contribution in [0, 0.1) is 0 Å². The zero-order valence-corrected chi connectivity index (χ0v) is 25.2. The Morgan fingerprint density at radius 2 is 1.31 bits per heavy atom. The van der Waals surface area contributed by atoms with Crippen LogP contribution in [0.3, 0.4) is 0 Å². The Labute approximate surface area is 237 Å². The minimum atomic E-state index is -1.15. The topological polar surface area (TPSA) is 172 Å². The SMILES string of the molecule is CC(C)(C)OC(=O)N1CCSCC1C(=O)O.COC(=O)[C@@H](CO)NC(=O)C1CSCCN1C(=O)OC(C)(C)C. The number of nitrogens with zero attached hydrogens (tertiary/aromatic N) is 2. The average Bonchev–Trinajstić information content (AvgIpc) is 2.85. The summed E-state index contributed by atoms with van der Waals surface area (Å²) < 4.78 is 15.0. The van der Waals surface area contributed by atoms with Crippen LogP contribution in [0.5, 0.6) is 0 Å². The van der Waals surface area contributed by atoms with Gasteiger partial charge in [-0.3, -0.25) is 14.6 Å². The maximum absolute atomic E-state index is 12.4. The van der Waals surface area contributed by atoms with Crippen LogP contribution in [-0.4, -0.2) is 129 Å². The number of aliphatic hydroxyl groups is 1. The molecule has 0 radical (unpaired) electrons. The molecule has 224 valence electrons. The highest BCUT2D eigenvalue weighted by atomic mass is 32.2. The second-order valence-corrected chi connectivity index (χ2v) is 12.9. The molecule has 3 atom stereocenters. The number of hydrogen-bond acceptors (Lipinski definition) is 11. The smallest absolute Gasteiger partial charge is 0.411 e. The minimum Gasteiger partial charge on any atom is -0.480 e. The van der Waals surface area contributed by atoms with Gasteiger partial charge in [-0.2, -0.15) is 23.5 Å². The van der Waals surface area contributed by atoms with Crippen LogP contribution in [0.1, 0.15) is 41.5 Å². The predicted molar refractivity (Wildman–Crippen MR) is 147 cm³/mol. The van der Waals surface area contributed by atoms with Crippen LogP contribution in [0.4, 0.5) is 9.59 Å². The number of ether oxygens (including phenoxy) is 3. The lowest BCUT2D eigenvalue weighted by molar-refractivity contribution is -0.146. The summed E-state index contributed by atoms with van der Waals surface area (Å²) >= 11 is 3.07. The van der Waals surface area contributed by atoms with E-state index in [1.165, 1.54) is 28.7 Å². The molecule has 3 amide bonds. The van der Waals surface area contributed by atoms with Crippen molar-refractivity contribution in [1.29, 1.82) is 0 Å². The summed E-state index contributed by atoms with van der Waals surface area (Å²) in [6.45, 7) is 10.8. The standard InChI is InChI=1S/C14H24N2O6S.C10H17NO4S/c1-14(2,3)22-13(20)16-5-6-23-8-10(16)11(18)15-9(7-17)12(19)21-4;1-10(2,3)15-9(14)11-4-5-16-6-7(11)8(12)13/h9-10,17H,5-8H2,1-4H3,(H,15,18);7H,4-6H2,1-3H3,(H,12,13)/t9-,10?;/m1./s1. The van der Waals surface area contributed by atoms with Crippen LogP contribution in [0.2, 0.25) is 0 Å². The third-order valence-corrected chi connectivity index (χ3v) is 7.13. The van der Waals surface area contributed by atoms with E-state index in [2.05, 4.69) is 10.1 Å².